The lowest BCUT2D eigenvalue weighted by Crippen LogP contribution is -2.51. The number of hydrogen-bond donors (Lipinski definition) is 0. The Morgan fingerprint density at radius 2 is 1.83 bits per heavy atom. The van der Waals surface area contributed by atoms with Gasteiger partial charge in [-0.05, 0) is 19.1 Å². The van der Waals surface area contributed by atoms with Crippen LogP contribution in [0.5, 0.6) is 0 Å². The number of aromatic nitrogens is 1. The number of carbonyl (C=O) groups is 3. The van der Waals surface area contributed by atoms with Gasteiger partial charge in [0.2, 0.25) is 0 Å². The molecule has 8 heteroatoms. The zero-order chi connectivity index (χ0) is 16.7. The molecule has 0 aromatic carbocycles. The quantitative estimate of drug-likeness (QED) is 0.752. The smallest absolute Gasteiger partial charge is 0.409 e. The molecule has 0 aliphatic carbocycles. The molecule has 1 fully saturated rings. The van der Waals surface area contributed by atoms with Gasteiger partial charge in [-0.15, -0.1) is 0 Å². The summed E-state index contributed by atoms with van der Waals surface area (Å²) in [5.74, 6) is -0.873. The van der Waals surface area contributed by atoms with E-state index in [9.17, 15) is 14.4 Å². The minimum atomic E-state index is -0.586. The van der Waals surface area contributed by atoms with Gasteiger partial charge in [0.15, 0.2) is 6.61 Å². The van der Waals surface area contributed by atoms with E-state index in [2.05, 4.69) is 4.98 Å². The number of ether oxygens (including phenoxy) is 2. The summed E-state index contributed by atoms with van der Waals surface area (Å²) in [4.78, 5) is 42.3. The molecule has 1 saturated heterocycles. The molecule has 0 radical (unpaired) electrons. The van der Waals surface area contributed by atoms with Gasteiger partial charge in [0.1, 0.15) is 0 Å². The second-order valence-corrected chi connectivity index (χ2v) is 4.88. The fourth-order valence-electron chi connectivity index (χ4n) is 2.14. The van der Waals surface area contributed by atoms with Gasteiger partial charge in [0, 0.05) is 38.6 Å². The minimum absolute atomic E-state index is 0.286. The topological polar surface area (TPSA) is 89.0 Å². The summed E-state index contributed by atoms with van der Waals surface area (Å²) in [6, 6.07) is 3.19. The monoisotopic (exact) mass is 321 g/mol. The van der Waals surface area contributed by atoms with Crippen LogP contribution in [0.4, 0.5) is 4.79 Å². The van der Waals surface area contributed by atoms with Crippen LogP contribution in [0.2, 0.25) is 0 Å². The fraction of sp³-hybridized carbons (Fsp3) is 0.467. The molecule has 0 unspecified atom stereocenters. The molecule has 0 N–H and O–H groups in total. The van der Waals surface area contributed by atoms with E-state index in [1.54, 1.807) is 35.1 Å². The van der Waals surface area contributed by atoms with Crippen molar-refractivity contribution < 1.29 is 23.9 Å². The molecular weight excluding hydrogens is 302 g/mol. The Morgan fingerprint density at radius 1 is 1.13 bits per heavy atom. The predicted octanol–water partition coefficient (Wildman–Crippen LogP) is 0.539. The highest BCUT2D eigenvalue weighted by molar-refractivity contribution is 5.91. The third kappa shape index (κ3) is 4.67. The molecule has 8 nitrogen and oxygen atoms in total. The molecule has 0 atom stereocenters. The summed E-state index contributed by atoms with van der Waals surface area (Å²) in [5, 5.41) is 0. The zero-order valence-corrected chi connectivity index (χ0v) is 12.9. The number of piperazine rings is 1. The van der Waals surface area contributed by atoms with Crippen LogP contribution in [0, 0.1) is 0 Å². The van der Waals surface area contributed by atoms with Gasteiger partial charge in [-0.1, -0.05) is 0 Å². The summed E-state index contributed by atoms with van der Waals surface area (Å²) >= 11 is 0. The van der Waals surface area contributed by atoms with Gasteiger partial charge in [0.05, 0.1) is 12.2 Å². The van der Waals surface area contributed by atoms with Crippen LogP contribution >= 0.6 is 0 Å². The SMILES string of the molecule is CCOC(=O)N1CCN(C(=O)COC(=O)c2cccnc2)CC1. The van der Waals surface area contributed by atoms with E-state index in [1.807, 2.05) is 0 Å². The number of esters is 1. The molecule has 0 saturated carbocycles. The number of carbonyl (C=O) groups excluding carboxylic acids is 3. The van der Waals surface area contributed by atoms with Crippen molar-refractivity contribution in [2.45, 2.75) is 6.92 Å². The normalized spacial score (nSPS) is 14.3. The predicted molar refractivity (Wildman–Crippen MR) is 79.7 cm³/mol. The second-order valence-electron chi connectivity index (χ2n) is 4.88. The first-order valence-corrected chi connectivity index (χ1v) is 7.38. The molecule has 2 heterocycles. The molecule has 23 heavy (non-hydrogen) atoms. The van der Waals surface area contributed by atoms with E-state index in [4.69, 9.17) is 9.47 Å². The van der Waals surface area contributed by atoms with Crippen LogP contribution in [0.15, 0.2) is 24.5 Å². The van der Waals surface area contributed by atoms with Crippen molar-refractivity contribution in [2.24, 2.45) is 0 Å². The van der Waals surface area contributed by atoms with E-state index < -0.39 is 5.97 Å². The Morgan fingerprint density at radius 3 is 2.43 bits per heavy atom. The number of amides is 2. The average molecular weight is 321 g/mol. The summed E-state index contributed by atoms with van der Waals surface area (Å²) in [5.41, 5.74) is 0.299. The lowest BCUT2D eigenvalue weighted by atomic mass is 10.3. The van der Waals surface area contributed by atoms with E-state index in [0.29, 0.717) is 38.3 Å². The van der Waals surface area contributed by atoms with Gasteiger partial charge in [0.25, 0.3) is 5.91 Å². The maximum absolute atomic E-state index is 12.0. The van der Waals surface area contributed by atoms with E-state index in [1.165, 1.54) is 6.20 Å². The van der Waals surface area contributed by atoms with Gasteiger partial charge in [-0.3, -0.25) is 9.78 Å². The number of rotatable bonds is 4. The van der Waals surface area contributed by atoms with Crippen LogP contribution < -0.4 is 0 Å². The van der Waals surface area contributed by atoms with Crippen LogP contribution in [0.1, 0.15) is 17.3 Å². The molecule has 2 rings (SSSR count). The average Bonchev–Trinajstić information content (AvgIpc) is 2.60. The first-order chi connectivity index (χ1) is 11.1. The Labute approximate surface area is 134 Å². The van der Waals surface area contributed by atoms with Crippen LogP contribution in [-0.4, -0.2) is 72.1 Å². The lowest BCUT2D eigenvalue weighted by molar-refractivity contribution is -0.136. The molecule has 2 amide bonds. The molecule has 0 spiro atoms. The van der Waals surface area contributed by atoms with Crippen molar-refractivity contribution in [1.29, 1.82) is 0 Å². The van der Waals surface area contributed by atoms with Crippen molar-refractivity contribution in [3.8, 4) is 0 Å². The van der Waals surface area contributed by atoms with E-state index >= 15 is 0 Å². The lowest BCUT2D eigenvalue weighted by Gasteiger charge is -2.33. The van der Waals surface area contributed by atoms with E-state index in [-0.39, 0.29) is 18.6 Å². The van der Waals surface area contributed by atoms with E-state index in [0.717, 1.165) is 0 Å². The Kier molecular flexibility index (Phi) is 5.90. The molecule has 0 bridgehead atoms. The fourth-order valence-corrected chi connectivity index (χ4v) is 2.14. The van der Waals surface area contributed by atoms with Crippen molar-refractivity contribution >= 4 is 18.0 Å². The maximum atomic E-state index is 12.0. The van der Waals surface area contributed by atoms with Gasteiger partial charge in [-0.2, -0.15) is 0 Å². The highest BCUT2D eigenvalue weighted by Crippen LogP contribution is 2.05. The minimum Gasteiger partial charge on any atom is -0.452 e. The molecule has 1 aliphatic rings. The first-order valence-electron chi connectivity index (χ1n) is 7.38. The Balaban J connectivity index is 1.75. The summed E-state index contributed by atoms with van der Waals surface area (Å²) in [6.07, 6.45) is 2.55. The maximum Gasteiger partial charge on any atom is 0.409 e. The van der Waals surface area contributed by atoms with Crippen molar-refractivity contribution in [3.05, 3.63) is 30.1 Å². The second kappa shape index (κ2) is 8.11. The molecule has 1 aromatic rings. The van der Waals surface area contributed by atoms with Crippen molar-refractivity contribution in [1.82, 2.24) is 14.8 Å². The molecular formula is C15H19N3O5. The molecule has 124 valence electrons. The van der Waals surface area contributed by atoms with Crippen LogP contribution in [0.3, 0.4) is 0 Å². The standard InChI is InChI=1S/C15H19N3O5/c1-2-22-15(21)18-8-6-17(7-9-18)13(19)11-23-14(20)12-4-3-5-16-10-12/h3-5,10H,2,6-9,11H2,1H3. The number of hydrogen-bond acceptors (Lipinski definition) is 6. The van der Waals surface area contributed by atoms with Crippen molar-refractivity contribution in [3.63, 3.8) is 0 Å². The first kappa shape index (κ1) is 16.7. The highest BCUT2D eigenvalue weighted by Gasteiger charge is 2.25. The summed E-state index contributed by atoms with van der Waals surface area (Å²) in [6.45, 7) is 3.33. The largest absolute Gasteiger partial charge is 0.452 e. The van der Waals surface area contributed by atoms with Gasteiger partial charge < -0.3 is 19.3 Å². The highest BCUT2D eigenvalue weighted by atomic mass is 16.6. The third-order valence-corrected chi connectivity index (χ3v) is 3.38. The molecule has 1 aliphatic heterocycles. The van der Waals surface area contributed by atoms with Gasteiger partial charge >= 0.3 is 12.1 Å². The number of pyridine rings is 1. The zero-order valence-electron chi connectivity index (χ0n) is 12.9. The summed E-state index contributed by atoms with van der Waals surface area (Å²) in [7, 11) is 0. The van der Waals surface area contributed by atoms with Gasteiger partial charge in [-0.25, -0.2) is 9.59 Å². The Hall–Kier alpha value is -2.64. The van der Waals surface area contributed by atoms with Crippen molar-refractivity contribution in [2.75, 3.05) is 39.4 Å². The number of nitrogens with zero attached hydrogens (tertiary/aromatic N) is 3. The summed E-state index contributed by atoms with van der Waals surface area (Å²) < 4.78 is 9.89. The Bertz CT molecular complexity index is 555. The van der Waals surface area contributed by atoms with Crippen LogP contribution in [-0.2, 0) is 14.3 Å². The van der Waals surface area contributed by atoms with Crippen LogP contribution in [0.25, 0.3) is 0 Å². The third-order valence-electron chi connectivity index (χ3n) is 3.38. The molecule has 1 aromatic heterocycles.